The van der Waals surface area contributed by atoms with E-state index in [9.17, 15) is 8.78 Å². The number of nitrogens with zero attached hydrogens (tertiary/aromatic N) is 1. The molecule has 0 spiro atoms. The molecule has 1 fully saturated rings. The van der Waals surface area contributed by atoms with Crippen molar-refractivity contribution in [2.24, 2.45) is 5.92 Å². The Kier molecular flexibility index (Phi) is 4.97. The van der Waals surface area contributed by atoms with Gasteiger partial charge in [0, 0.05) is 19.6 Å². The molecule has 0 aliphatic heterocycles. The molecule has 2 atom stereocenters. The Bertz CT molecular complexity index is 439. The standard InChI is InChI=1S/C16H24F2N2/c1-11-6-4-5-7-15(11)20(3)16-13(17)8-12(10-19-2)9-14(16)18/h8-9,11,15,19H,4-7,10H2,1-3H3. The van der Waals surface area contributed by atoms with Gasteiger partial charge in [-0.15, -0.1) is 0 Å². The van der Waals surface area contributed by atoms with E-state index in [0.29, 0.717) is 18.0 Å². The van der Waals surface area contributed by atoms with Gasteiger partial charge in [0.1, 0.15) is 17.3 Å². The molecule has 2 rings (SSSR count). The maximum Gasteiger partial charge on any atom is 0.149 e. The highest BCUT2D eigenvalue weighted by molar-refractivity contribution is 5.51. The SMILES string of the molecule is CNCc1cc(F)c(N(C)C2CCCCC2C)c(F)c1. The first-order valence-electron chi connectivity index (χ1n) is 7.40. The molecule has 4 heteroatoms. The lowest BCUT2D eigenvalue weighted by atomic mass is 9.85. The molecule has 1 aromatic rings. The molecule has 1 N–H and O–H groups in total. The van der Waals surface area contributed by atoms with Gasteiger partial charge in [0.15, 0.2) is 0 Å². The van der Waals surface area contributed by atoms with Crippen LogP contribution in [0.5, 0.6) is 0 Å². The van der Waals surface area contributed by atoms with Crippen LogP contribution in [0.2, 0.25) is 0 Å². The molecule has 2 unspecified atom stereocenters. The zero-order valence-electron chi connectivity index (χ0n) is 12.5. The predicted octanol–water partition coefficient (Wildman–Crippen LogP) is 3.70. The smallest absolute Gasteiger partial charge is 0.149 e. The van der Waals surface area contributed by atoms with Crippen molar-refractivity contribution in [3.8, 4) is 0 Å². The van der Waals surface area contributed by atoms with Gasteiger partial charge < -0.3 is 10.2 Å². The summed E-state index contributed by atoms with van der Waals surface area (Å²) in [6.45, 7) is 2.64. The van der Waals surface area contributed by atoms with Gasteiger partial charge >= 0.3 is 0 Å². The van der Waals surface area contributed by atoms with E-state index < -0.39 is 11.6 Å². The van der Waals surface area contributed by atoms with E-state index in [2.05, 4.69) is 12.2 Å². The number of hydrogen-bond acceptors (Lipinski definition) is 2. The molecule has 0 saturated heterocycles. The van der Waals surface area contributed by atoms with E-state index in [-0.39, 0.29) is 11.7 Å². The number of hydrogen-bond donors (Lipinski definition) is 1. The Morgan fingerprint density at radius 3 is 2.35 bits per heavy atom. The summed E-state index contributed by atoms with van der Waals surface area (Å²) >= 11 is 0. The Labute approximate surface area is 120 Å². The molecule has 20 heavy (non-hydrogen) atoms. The van der Waals surface area contributed by atoms with Crippen molar-refractivity contribution < 1.29 is 8.78 Å². The van der Waals surface area contributed by atoms with E-state index in [4.69, 9.17) is 0 Å². The van der Waals surface area contributed by atoms with E-state index in [1.54, 1.807) is 11.9 Å². The maximum absolute atomic E-state index is 14.3. The van der Waals surface area contributed by atoms with Crippen LogP contribution in [0.25, 0.3) is 0 Å². The summed E-state index contributed by atoms with van der Waals surface area (Å²) in [4.78, 5) is 1.80. The minimum Gasteiger partial charge on any atom is -0.367 e. The number of benzene rings is 1. The third-order valence-corrected chi connectivity index (χ3v) is 4.37. The zero-order chi connectivity index (χ0) is 14.7. The average Bonchev–Trinajstić information content (AvgIpc) is 2.38. The second-order valence-corrected chi connectivity index (χ2v) is 5.88. The topological polar surface area (TPSA) is 15.3 Å². The molecule has 112 valence electrons. The van der Waals surface area contributed by atoms with Gasteiger partial charge in [0.25, 0.3) is 0 Å². The van der Waals surface area contributed by atoms with Crippen LogP contribution in [0.3, 0.4) is 0 Å². The van der Waals surface area contributed by atoms with Crippen LogP contribution in [0.1, 0.15) is 38.2 Å². The van der Waals surface area contributed by atoms with Crippen LogP contribution in [0.15, 0.2) is 12.1 Å². The second-order valence-electron chi connectivity index (χ2n) is 5.88. The van der Waals surface area contributed by atoms with Gasteiger partial charge in [-0.25, -0.2) is 8.78 Å². The fourth-order valence-corrected chi connectivity index (χ4v) is 3.30. The summed E-state index contributed by atoms with van der Waals surface area (Å²) < 4.78 is 28.5. The van der Waals surface area contributed by atoms with E-state index in [1.165, 1.54) is 18.6 Å². The highest BCUT2D eigenvalue weighted by Crippen LogP contribution is 2.33. The van der Waals surface area contributed by atoms with Crippen molar-refractivity contribution in [1.82, 2.24) is 5.32 Å². The summed E-state index contributed by atoms with van der Waals surface area (Å²) in [5, 5.41) is 2.91. The molecule has 0 heterocycles. The molecule has 1 aliphatic rings. The molecule has 0 aromatic heterocycles. The van der Waals surface area contributed by atoms with Crippen molar-refractivity contribution in [3.05, 3.63) is 29.3 Å². The van der Waals surface area contributed by atoms with Crippen molar-refractivity contribution in [1.29, 1.82) is 0 Å². The minimum atomic E-state index is -0.462. The lowest BCUT2D eigenvalue weighted by Gasteiger charge is -2.38. The van der Waals surface area contributed by atoms with Gasteiger partial charge in [0.2, 0.25) is 0 Å². The van der Waals surface area contributed by atoms with Crippen molar-refractivity contribution >= 4 is 5.69 Å². The Morgan fingerprint density at radius 2 is 1.80 bits per heavy atom. The van der Waals surface area contributed by atoms with E-state index in [0.717, 1.165) is 19.3 Å². The third-order valence-electron chi connectivity index (χ3n) is 4.37. The van der Waals surface area contributed by atoms with Crippen LogP contribution < -0.4 is 10.2 Å². The van der Waals surface area contributed by atoms with Crippen LogP contribution in [-0.2, 0) is 6.54 Å². The van der Waals surface area contributed by atoms with Gasteiger partial charge in [-0.1, -0.05) is 19.8 Å². The molecular weight excluding hydrogens is 258 g/mol. The number of nitrogens with one attached hydrogen (secondary N) is 1. The minimum absolute atomic E-state index is 0.114. The molecule has 1 saturated carbocycles. The highest BCUT2D eigenvalue weighted by atomic mass is 19.1. The first-order chi connectivity index (χ1) is 9.54. The first-order valence-corrected chi connectivity index (χ1v) is 7.40. The van der Waals surface area contributed by atoms with Crippen LogP contribution in [0.4, 0.5) is 14.5 Å². The van der Waals surface area contributed by atoms with Crippen molar-refractivity contribution in [3.63, 3.8) is 0 Å². The quantitative estimate of drug-likeness (QED) is 0.906. The summed E-state index contributed by atoms with van der Waals surface area (Å²) in [5.41, 5.74) is 0.750. The Hall–Kier alpha value is -1.16. The van der Waals surface area contributed by atoms with Crippen molar-refractivity contribution in [2.45, 2.75) is 45.2 Å². The molecule has 0 radical (unpaired) electrons. The number of anilines is 1. The van der Waals surface area contributed by atoms with Gasteiger partial charge in [0.05, 0.1) is 0 Å². The maximum atomic E-state index is 14.3. The van der Waals surface area contributed by atoms with Gasteiger partial charge in [-0.2, -0.15) is 0 Å². The van der Waals surface area contributed by atoms with E-state index in [1.807, 2.05) is 7.05 Å². The van der Waals surface area contributed by atoms with Gasteiger partial charge in [-0.05, 0) is 43.5 Å². The molecule has 2 nitrogen and oxygen atoms in total. The largest absolute Gasteiger partial charge is 0.367 e. The Morgan fingerprint density at radius 1 is 1.20 bits per heavy atom. The predicted molar refractivity (Wildman–Crippen MR) is 78.9 cm³/mol. The molecule has 0 bridgehead atoms. The second kappa shape index (κ2) is 6.53. The van der Waals surface area contributed by atoms with Crippen molar-refractivity contribution in [2.75, 3.05) is 19.0 Å². The number of rotatable bonds is 4. The van der Waals surface area contributed by atoms with Crippen LogP contribution in [-0.4, -0.2) is 20.1 Å². The molecule has 0 amide bonds. The fraction of sp³-hybridized carbons (Fsp3) is 0.625. The monoisotopic (exact) mass is 282 g/mol. The average molecular weight is 282 g/mol. The zero-order valence-corrected chi connectivity index (χ0v) is 12.5. The molecule has 1 aromatic carbocycles. The lowest BCUT2D eigenvalue weighted by Crippen LogP contribution is -2.40. The third kappa shape index (κ3) is 3.11. The Balaban J connectivity index is 2.27. The van der Waals surface area contributed by atoms with Crippen LogP contribution in [0, 0.1) is 17.6 Å². The first kappa shape index (κ1) is 15.2. The number of halogens is 2. The lowest BCUT2D eigenvalue weighted by molar-refractivity contribution is 0.318. The summed E-state index contributed by atoms with van der Waals surface area (Å²) in [7, 11) is 3.57. The summed E-state index contributed by atoms with van der Waals surface area (Å²) in [5.74, 6) is -0.449. The highest BCUT2D eigenvalue weighted by Gasteiger charge is 2.28. The summed E-state index contributed by atoms with van der Waals surface area (Å²) in [6.07, 6.45) is 4.50. The molecular formula is C16H24F2N2. The fourth-order valence-electron chi connectivity index (χ4n) is 3.30. The molecule has 1 aliphatic carbocycles. The van der Waals surface area contributed by atoms with Crippen LogP contribution >= 0.6 is 0 Å². The van der Waals surface area contributed by atoms with Gasteiger partial charge in [-0.3, -0.25) is 0 Å². The normalized spacial score (nSPS) is 22.9. The summed E-state index contributed by atoms with van der Waals surface area (Å²) in [6, 6.07) is 3.08. The van der Waals surface area contributed by atoms with E-state index >= 15 is 0 Å².